The fourth-order valence-electron chi connectivity index (χ4n) is 1.80. The molecule has 0 aliphatic carbocycles. The van der Waals surface area contributed by atoms with Crippen molar-refractivity contribution in [1.29, 1.82) is 0 Å². The summed E-state index contributed by atoms with van der Waals surface area (Å²) in [6.45, 7) is 6.30. The molecule has 3 unspecified atom stereocenters. The van der Waals surface area contributed by atoms with Crippen molar-refractivity contribution in [1.82, 2.24) is 0 Å². The van der Waals surface area contributed by atoms with Crippen LogP contribution in [0.15, 0.2) is 0 Å². The highest BCUT2D eigenvalue weighted by Gasteiger charge is 2.26. The average molecular weight is 191 g/mol. The minimum Gasteiger partial charge on any atom is -0.381 e. The predicted octanol–water partition coefficient (Wildman–Crippen LogP) is 3.07. The lowest BCUT2D eigenvalue weighted by Crippen LogP contribution is -2.21. The van der Waals surface area contributed by atoms with Gasteiger partial charge in [0, 0.05) is 18.6 Å². The van der Waals surface area contributed by atoms with E-state index >= 15 is 0 Å². The van der Waals surface area contributed by atoms with Gasteiger partial charge in [0.1, 0.15) is 0 Å². The zero-order valence-electron chi connectivity index (χ0n) is 8.05. The molecule has 1 saturated heterocycles. The standard InChI is InChI=1S/C10H19ClO/c1-3-4-10(11)8(2)9-5-6-12-7-9/h8-10H,3-7H2,1-2H3. The van der Waals surface area contributed by atoms with Crippen LogP contribution in [0.4, 0.5) is 0 Å². The van der Waals surface area contributed by atoms with Gasteiger partial charge in [-0.1, -0.05) is 20.3 Å². The monoisotopic (exact) mass is 190 g/mol. The van der Waals surface area contributed by atoms with E-state index in [0.29, 0.717) is 17.2 Å². The van der Waals surface area contributed by atoms with Crippen molar-refractivity contribution in [2.45, 2.75) is 38.5 Å². The van der Waals surface area contributed by atoms with Gasteiger partial charge < -0.3 is 4.74 Å². The highest BCUT2D eigenvalue weighted by molar-refractivity contribution is 6.20. The molecule has 0 aromatic carbocycles. The van der Waals surface area contributed by atoms with Crippen LogP contribution < -0.4 is 0 Å². The molecule has 0 aromatic heterocycles. The van der Waals surface area contributed by atoms with Crippen LogP contribution in [0.25, 0.3) is 0 Å². The maximum Gasteiger partial charge on any atom is 0.0498 e. The Hall–Kier alpha value is 0.250. The van der Waals surface area contributed by atoms with E-state index in [1.54, 1.807) is 0 Å². The number of hydrogen-bond donors (Lipinski definition) is 0. The molecule has 1 rings (SSSR count). The molecule has 0 spiro atoms. The van der Waals surface area contributed by atoms with Crippen molar-refractivity contribution in [2.24, 2.45) is 11.8 Å². The molecule has 0 aromatic rings. The van der Waals surface area contributed by atoms with Crippen LogP contribution in [0.3, 0.4) is 0 Å². The quantitative estimate of drug-likeness (QED) is 0.620. The van der Waals surface area contributed by atoms with E-state index in [2.05, 4.69) is 13.8 Å². The first kappa shape index (κ1) is 10.3. The van der Waals surface area contributed by atoms with Crippen molar-refractivity contribution in [3.8, 4) is 0 Å². The zero-order valence-corrected chi connectivity index (χ0v) is 8.81. The third-order valence-electron chi connectivity index (χ3n) is 2.84. The second-order valence-corrected chi connectivity index (χ2v) is 4.35. The summed E-state index contributed by atoms with van der Waals surface area (Å²) < 4.78 is 5.35. The summed E-state index contributed by atoms with van der Waals surface area (Å²) in [6, 6.07) is 0. The molecule has 12 heavy (non-hydrogen) atoms. The molecule has 1 fully saturated rings. The van der Waals surface area contributed by atoms with Crippen LogP contribution >= 0.6 is 11.6 Å². The summed E-state index contributed by atoms with van der Waals surface area (Å²) in [4.78, 5) is 0. The molecule has 2 heteroatoms. The molecule has 3 atom stereocenters. The smallest absolute Gasteiger partial charge is 0.0498 e. The zero-order chi connectivity index (χ0) is 8.97. The Morgan fingerprint density at radius 3 is 2.83 bits per heavy atom. The van der Waals surface area contributed by atoms with Crippen molar-refractivity contribution < 1.29 is 4.74 Å². The van der Waals surface area contributed by atoms with E-state index in [1.807, 2.05) is 0 Å². The topological polar surface area (TPSA) is 9.23 Å². The molecule has 1 aliphatic heterocycles. The van der Waals surface area contributed by atoms with Gasteiger partial charge in [-0.3, -0.25) is 0 Å². The van der Waals surface area contributed by atoms with E-state index in [9.17, 15) is 0 Å². The molecular formula is C10H19ClO. The Morgan fingerprint density at radius 2 is 2.33 bits per heavy atom. The Balaban J connectivity index is 2.29. The first-order valence-corrected chi connectivity index (χ1v) is 5.41. The lowest BCUT2D eigenvalue weighted by Gasteiger charge is -2.22. The van der Waals surface area contributed by atoms with Crippen LogP contribution in [0.5, 0.6) is 0 Å². The molecule has 1 nitrogen and oxygen atoms in total. The maximum atomic E-state index is 6.26. The molecule has 0 radical (unpaired) electrons. The van der Waals surface area contributed by atoms with Gasteiger partial charge in [0.25, 0.3) is 0 Å². The summed E-state index contributed by atoms with van der Waals surface area (Å²) >= 11 is 6.26. The number of halogens is 1. The Morgan fingerprint density at radius 1 is 1.58 bits per heavy atom. The van der Waals surface area contributed by atoms with Crippen molar-refractivity contribution >= 4 is 11.6 Å². The summed E-state index contributed by atoms with van der Waals surface area (Å²) in [7, 11) is 0. The largest absolute Gasteiger partial charge is 0.381 e. The molecule has 72 valence electrons. The Kier molecular flexibility index (Phi) is 4.38. The fourth-order valence-corrected chi connectivity index (χ4v) is 2.23. The molecule has 0 saturated carbocycles. The van der Waals surface area contributed by atoms with Gasteiger partial charge >= 0.3 is 0 Å². The fraction of sp³-hybridized carbons (Fsp3) is 1.00. The summed E-state index contributed by atoms with van der Waals surface area (Å²) in [6.07, 6.45) is 3.53. The van der Waals surface area contributed by atoms with Crippen LogP contribution in [0.1, 0.15) is 33.1 Å². The molecule has 0 N–H and O–H groups in total. The van der Waals surface area contributed by atoms with Crippen molar-refractivity contribution in [3.05, 3.63) is 0 Å². The molecule has 0 amide bonds. The normalized spacial score (nSPS) is 28.8. The van der Waals surface area contributed by atoms with Crippen LogP contribution in [0, 0.1) is 11.8 Å². The summed E-state index contributed by atoms with van der Waals surface area (Å²) in [5.41, 5.74) is 0. The van der Waals surface area contributed by atoms with E-state index < -0.39 is 0 Å². The van der Waals surface area contributed by atoms with Gasteiger partial charge in [-0.05, 0) is 24.7 Å². The second-order valence-electron chi connectivity index (χ2n) is 3.79. The summed E-state index contributed by atoms with van der Waals surface area (Å²) in [5.74, 6) is 1.33. The van der Waals surface area contributed by atoms with Crippen LogP contribution in [-0.2, 0) is 4.74 Å². The number of hydrogen-bond acceptors (Lipinski definition) is 1. The van der Waals surface area contributed by atoms with Crippen molar-refractivity contribution in [2.75, 3.05) is 13.2 Å². The Labute approximate surface area is 80.4 Å². The van der Waals surface area contributed by atoms with E-state index in [-0.39, 0.29) is 0 Å². The lowest BCUT2D eigenvalue weighted by atomic mass is 9.89. The third kappa shape index (κ3) is 2.63. The van der Waals surface area contributed by atoms with Crippen molar-refractivity contribution in [3.63, 3.8) is 0 Å². The SMILES string of the molecule is CCCC(Cl)C(C)C1CCOC1. The predicted molar refractivity (Wildman–Crippen MR) is 52.6 cm³/mol. The lowest BCUT2D eigenvalue weighted by molar-refractivity contribution is 0.173. The highest BCUT2D eigenvalue weighted by Crippen LogP contribution is 2.29. The van der Waals surface area contributed by atoms with Gasteiger partial charge in [0.2, 0.25) is 0 Å². The molecule has 1 heterocycles. The number of alkyl halides is 1. The molecule has 0 bridgehead atoms. The van der Waals surface area contributed by atoms with Gasteiger partial charge in [-0.25, -0.2) is 0 Å². The van der Waals surface area contributed by atoms with Gasteiger partial charge in [-0.2, -0.15) is 0 Å². The third-order valence-corrected chi connectivity index (χ3v) is 3.46. The molecular weight excluding hydrogens is 172 g/mol. The molecule has 1 aliphatic rings. The second kappa shape index (κ2) is 5.08. The summed E-state index contributed by atoms with van der Waals surface area (Å²) in [5, 5.41) is 0.349. The highest BCUT2D eigenvalue weighted by atomic mass is 35.5. The van der Waals surface area contributed by atoms with Crippen LogP contribution in [-0.4, -0.2) is 18.6 Å². The minimum atomic E-state index is 0.349. The van der Waals surface area contributed by atoms with Gasteiger partial charge in [0.15, 0.2) is 0 Å². The maximum absolute atomic E-state index is 6.26. The van der Waals surface area contributed by atoms with E-state index in [1.165, 1.54) is 12.8 Å². The number of ether oxygens (including phenoxy) is 1. The number of rotatable bonds is 4. The first-order valence-electron chi connectivity index (χ1n) is 4.97. The van der Waals surface area contributed by atoms with E-state index in [4.69, 9.17) is 16.3 Å². The van der Waals surface area contributed by atoms with E-state index in [0.717, 1.165) is 19.6 Å². The van der Waals surface area contributed by atoms with Gasteiger partial charge in [-0.15, -0.1) is 11.6 Å². The average Bonchev–Trinajstić information content (AvgIpc) is 2.55. The van der Waals surface area contributed by atoms with Crippen LogP contribution in [0.2, 0.25) is 0 Å². The van der Waals surface area contributed by atoms with Gasteiger partial charge in [0.05, 0.1) is 0 Å². The first-order chi connectivity index (χ1) is 5.75. The Bertz CT molecular complexity index is 121. The minimum absolute atomic E-state index is 0.349.